The maximum absolute atomic E-state index is 13.7. The number of thioether (sulfide) groups is 1. The van der Waals surface area contributed by atoms with Gasteiger partial charge in [0, 0.05) is 33.3 Å². The lowest BCUT2D eigenvalue weighted by atomic mass is 9.88. The molecule has 0 saturated carbocycles. The molecule has 2 unspecified atom stereocenters. The number of benzene rings is 3. The highest BCUT2D eigenvalue weighted by Crippen LogP contribution is 2.36. The number of carbonyl (C=O) groups excluding carboxylic acids is 1. The van der Waals surface area contributed by atoms with Crippen molar-refractivity contribution in [1.82, 2.24) is 5.32 Å². The molecular formula is C30H31BClF3N2O3S. The molecule has 0 bridgehead atoms. The quantitative estimate of drug-likeness (QED) is 0.129. The number of alkyl halides is 3. The SMILES string of the molecule is [B]C(C)(O)N(/C(=C\C)Cc1ccc(Cl)cc1C(F)(F)F)c1ccc(C(=O)NC(CO)c2ccc(SCC)cc2)cc1. The first-order valence-corrected chi connectivity index (χ1v) is 14.2. The van der Waals surface area contributed by atoms with Gasteiger partial charge in [0.15, 0.2) is 0 Å². The summed E-state index contributed by atoms with van der Waals surface area (Å²) in [5.74, 6) is 0.494. The van der Waals surface area contributed by atoms with Crippen molar-refractivity contribution in [2.24, 2.45) is 0 Å². The highest BCUT2D eigenvalue weighted by molar-refractivity contribution is 7.99. The third kappa shape index (κ3) is 8.55. The Labute approximate surface area is 248 Å². The number of aliphatic hydroxyl groups is 2. The molecule has 0 aliphatic rings. The summed E-state index contributed by atoms with van der Waals surface area (Å²) in [6.07, 6.45) is -3.27. The number of allylic oxidation sites excluding steroid dienone is 2. The van der Waals surface area contributed by atoms with Crippen molar-refractivity contribution in [2.45, 2.75) is 49.9 Å². The molecule has 0 spiro atoms. The molecule has 3 N–H and O–H groups in total. The molecule has 0 saturated heterocycles. The molecule has 5 nitrogen and oxygen atoms in total. The van der Waals surface area contributed by atoms with Gasteiger partial charge in [-0.05, 0) is 79.3 Å². The first kappa shape index (κ1) is 32.6. The van der Waals surface area contributed by atoms with Gasteiger partial charge in [-0.1, -0.05) is 42.8 Å². The number of amides is 1. The number of nitrogens with zero attached hydrogens (tertiary/aromatic N) is 1. The largest absolute Gasteiger partial charge is 0.416 e. The predicted octanol–water partition coefficient (Wildman–Crippen LogP) is 6.72. The van der Waals surface area contributed by atoms with E-state index in [2.05, 4.69) is 12.2 Å². The molecule has 3 rings (SSSR count). The van der Waals surface area contributed by atoms with E-state index in [1.165, 1.54) is 48.2 Å². The van der Waals surface area contributed by atoms with E-state index in [1.54, 1.807) is 24.8 Å². The normalized spacial score (nSPS) is 14.3. The number of hydrogen-bond donors (Lipinski definition) is 3. The molecule has 0 aliphatic heterocycles. The lowest BCUT2D eigenvalue weighted by molar-refractivity contribution is -0.138. The summed E-state index contributed by atoms with van der Waals surface area (Å²) in [5.41, 5.74) is -1.23. The first-order chi connectivity index (χ1) is 19.3. The Balaban J connectivity index is 1.85. The Morgan fingerprint density at radius 3 is 2.27 bits per heavy atom. The van der Waals surface area contributed by atoms with Gasteiger partial charge in [0.1, 0.15) is 7.85 Å². The highest BCUT2D eigenvalue weighted by atomic mass is 35.5. The van der Waals surface area contributed by atoms with Gasteiger partial charge >= 0.3 is 6.18 Å². The molecule has 3 aromatic rings. The second-order valence-corrected chi connectivity index (χ2v) is 11.2. The van der Waals surface area contributed by atoms with Crippen molar-refractivity contribution in [3.05, 3.63) is 106 Å². The second-order valence-electron chi connectivity index (χ2n) is 9.44. The number of carbonyl (C=O) groups is 1. The number of aliphatic hydroxyl groups excluding tert-OH is 1. The molecule has 2 atom stereocenters. The van der Waals surface area contributed by atoms with Crippen LogP contribution < -0.4 is 10.2 Å². The molecular weight excluding hydrogens is 572 g/mol. The Hall–Kier alpha value is -2.92. The molecule has 0 aliphatic carbocycles. The van der Waals surface area contributed by atoms with Crippen molar-refractivity contribution in [3.63, 3.8) is 0 Å². The Bertz CT molecular complexity index is 1360. The fourth-order valence-corrected chi connectivity index (χ4v) is 5.22. The van der Waals surface area contributed by atoms with Crippen molar-refractivity contribution in [1.29, 1.82) is 0 Å². The minimum absolute atomic E-state index is 0.0448. The molecule has 1 amide bonds. The second kappa shape index (κ2) is 13.8. The third-order valence-electron chi connectivity index (χ3n) is 6.29. The van der Waals surface area contributed by atoms with Gasteiger partial charge in [0.2, 0.25) is 0 Å². The summed E-state index contributed by atoms with van der Waals surface area (Å²) in [4.78, 5) is 15.4. The number of anilines is 1. The molecule has 3 aromatic carbocycles. The van der Waals surface area contributed by atoms with Gasteiger partial charge in [-0.15, -0.1) is 11.8 Å². The summed E-state index contributed by atoms with van der Waals surface area (Å²) < 4.78 is 41.1. The maximum Gasteiger partial charge on any atom is 0.416 e. The summed E-state index contributed by atoms with van der Waals surface area (Å²) in [6.45, 7) is 4.68. The Kier molecular flexibility index (Phi) is 11.0. The third-order valence-corrected chi connectivity index (χ3v) is 7.42. The fraction of sp³-hybridized carbons (Fsp3) is 0.300. The molecule has 0 aromatic heterocycles. The standard InChI is InChI=1S/C30H31BClF3N2O3S/c1-4-23(16-21-6-11-22(32)17-26(21)30(33,34)35)37(29(3,31)40)24-12-7-20(8-13-24)28(39)36-27(18-38)19-9-14-25(15-10-19)41-5-2/h4,6-15,17,27,38,40H,5,16,18H2,1-3H3,(H,36,39)/b23-4-. The zero-order valence-electron chi connectivity index (χ0n) is 22.9. The van der Waals surface area contributed by atoms with Gasteiger partial charge in [0.25, 0.3) is 5.91 Å². The maximum atomic E-state index is 13.7. The van der Waals surface area contributed by atoms with Gasteiger partial charge in [-0.25, -0.2) is 0 Å². The summed E-state index contributed by atoms with van der Waals surface area (Å²) in [7, 11) is 6.05. The van der Waals surface area contributed by atoms with Crippen LogP contribution in [0.3, 0.4) is 0 Å². The minimum Gasteiger partial charge on any atom is -0.394 e. The Morgan fingerprint density at radius 1 is 1.12 bits per heavy atom. The Morgan fingerprint density at radius 2 is 1.76 bits per heavy atom. The van der Waals surface area contributed by atoms with Crippen LogP contribution >= 0.6 is 23.4 Å². The number of nitrogens with one attached hydrogen (secondary N) is 1. The van der Waals surface area contributed by atoms with Gasteiger partial charge in [0.05, 0.1) is 23.8 Å². The fourth-order valence-electron chi connectivity index (χ4n) is 4.39. The van der Waals surface area contributed by atoms with Gasteiger partial charge in [-0.3, -0.25) is 4.79 Å². The molecule has 0 heterocycles. The predicted molar refractivity (Wildman–Crippen MR) is 159 cm³/mol. The minimum atomic E-state index is -4.63. The number of halogens is 4. The molecule has 216 valence electrons. The van der Waals surface area contributed by atoms with E-state index in [0.29, 0.717) is 11.4 Å². The average molecular weight is 603 g/mol. The van der Waals surface area contributed by atoms with Crippen LogP contribution in [0.1, 0.15) is 53.9 Å². The van der Waals surface area contributed by atoms with E-state index in [4.69, 9.17) is 19.4 Å². The van der Waals surface area contributed by atoms with E-state index >= 15 is 0 Å². The molecule has 0 fully saturated rings. The zero-order chi connectivity index (χ0) is 30.4. The van der Waals surface area contributed by atoms with Crippen LogP contribution in [0.5, 0.6) is 0 Å². The van der Waals surface area contributed by atoms with Crippen LogP contribution in [0.25, 0.3) is 0 Å². The molecule has 2 radical (unpaired) electrons. The molecule has 41 heavy (non-hydrogen) atoms. The van der Waals surface area contributed by atoms with Crippen LogP contribution in [0.4, 0.5) is 18.9 Å². The van der Waals surface area contributed by atoms with Gasteiger partial charge < -0.3 is 20.4 Å². The zero-order valence-corrected chi connectivity index (χ0v) is 24.4. The lowest BCUT2D eigenvalue weighted by Gasteiger charge is -2.39. The van der Waals surface area contributed by atoms with Crippen molar-refractivity contribution < 1.29 is 28.2 Å². The van der Waals surface area contributed by atoms with Crippen molar-refractivity contribution in [2.75, 3.05) is 17.3 Å². The summed E-state index contributed by atoms with van der Waals surface area (Å²) >= 11 is 7.51. The van der Waals surface area contributed by atoms with E-state index in [1.807, 2.05) is 24.3 Å². The van der Waals surface area contributed by atoms with Crippen molar-refractivity contribution in [3.8, 4) is 0 Å². The number of rotatable bonds is 11. The number of hydrogen-bond acceptors (Lipinski definition) is 5. The van der Waals surface area contributed by atoms with Crippen LogP contribution in [0.2, 0.25) is 5.02 Å². The van der Waals surface area contributed by atoms with E-state index in [-0.39, 0.29) is 29.2 Å². The smallest absolute Gasteiger partial charge is 0.394 e. The van der Waals surface area contributed by atoms with E-state index in [9.17, 15) is 28.2 Å². The van der Waals surface area contributed by atoms with E-state index < -0.39 is 29.3 Å². The van der Waals surface area contributed by atoms with Crippen LogP contribution in [-0.2, 0) is 12.6 Å². The van der Waals surface area contributed by atoms with Crippen LogP contribution in [-0.4, -0.2) is 42.0 Å². The summed E-state index contributed by atoms with van der Waals surface area (Å²) in [5, 5.41) is 23.5. The summed E-state index contributed by atoms with van der Waals surface area (Å²) in [6, 6.07) is 16.6. The van der Waals surface area contributed by atoms with Gasteiger partial charge in [-0.2, -0.15) is 13.2 Å². The highest BCUT2D eigenvalue weighted by Gasteiger charge is 2.35. The lowest BCUT2D eigenvalue weighted by Crippen LogP contribution is -2.47. The van der Waals surface area contributed by atoms with E-state index in [0.717, 1.165) is 22.3 Å². The van der Waals surface area contributed by atoms with Crippen LogP contribution in [0, 0.1) is 0 Å². The topological polar surface area (TPSA) is 72.8 Å². The molecule has 11 heteroatoms. The van der Waals surface area contributed by atoms with Crippen LogP contribution in [0.15, 0.2) is 83.4 Å². The average Bonchev–Trinajstić information content (AvgIpc) is 2.91. The first-order valence-electron chi connectivity index (χ1n) is 12.8. The van der Waals surface area contributed by atoms with Crippen molar-refractivity contribution >= 4 is 42.8 Å². The monoisotopic (exact) mass is 602 g/mol.